The van der Waals surface area contributed by atoms with Gasteiger partial charge in [-0.2, -0.15) is 0 Å². The first-order valence-electron chi connectivity index (χ1n) is 17.1. The molecule has 2 aromatic carbocycles. The fourth-order valence-corrected chi connectivity index (χ4v) is 5.20. The van der Waals surface area contributed by atoms with Crippen molar-refractivity contribution in [2.24, 2.45) is 11.8 Å². The lowest BCUT2D eigenvalue weighted by molar-refractivity contribution is 0.232. The number of phenols is 2. The maximum atomic E-state index is 11.1. The van der Waals surface area contributed by atoms with E-state index in [2.05, 4.69) is 44.2 Å². The molecule has 0 aliphatic heterocycles. The van der Waals surface area contributed by atoms with Crippen molar-refractivity contribution in [1.29, 1.82) is 0 Å². The van der Waals surface area contributed by atoms with Crippen molar-refractivity contribution in [3.63, 3.8) is 0 Å². The van der Waals surface area contributed by atoms with Gasteiger partial charge in [0.05, 0.1) is 37.7 Å². The molecule has 8 heteroatoms. The molecule has 3 aromatic rings. The largest absolute Gasteiger partial charge is 0.507 e. The number of aromatic nitrogens is 3. The topological polar surface area (TPSA) is 107 Å². The fraction of sp³-hybridized carbons (Fsp3) is 0.462. The number of nitrogens with zero attached hydrogens (tertiary/aromatic N) is 3. The normalized spacial score (nSPS) is 13.0. The summed E-state index contributed by atoms with van der Waals surface area (Å²) in [5.41, 5.74) is 1.42. The number of unbranched alkanes of at least 4 members (excludes halogenated alkanes) is 3. The van der Waals surface area contributed by atoms with Gasteiger partial charge >= 0.3 is 0 Å². The van der Waals surface area contributed by atoms with E-state index >= 15 is 0 Å². The van der Waals surface area contributed by atoms with E-state index in [1.807, 2.05) is 12.1 Å². The van der Waals surface area contributed by atoms with E-state index in [9.17, 15) is 10.2 Å². The molecule has 0 amide bonds. The van der Waals surface area contributed by atoms with E-state index in [1.54, 1.807) is 49.6 Å². The van der Waals surface area contributed by atoms with Crippen LogP contribution in [-0.2, 0) is 4.74 Å². The number of hydrogen-bond acceptors (Lipinski definition) is 8. The van der Waals surface area contributed by atoms with Crippen LogP contribution in [0.3, 0.4) is 0 Å². The molecular weight excluding hydrogens is 590 g/mol. The van der Waals surface area contributed by atoms with Gasteiger partial charge in [0, 0.05) is 17.7 Å². The Morgan fingerprint density at radius 2 is 1.30 bits per heavy atom. The molecule has 0 radical (unpaired) electrons. The smallest absolute Gasteiger partial charge is 0.167 e. The maximum absolute atomic E-state index is 11.1. The van der Waals surface area contributed by atoms with Crippen LogP contribution in [0, 0.1) is 11.8 Å². The summed E-state index contributed by atoms with van der Waals surface area (Å²) in [5.74, 6) is 2.85. The van der Waals surface area contributed by atoms with Crippen molar-refractivity contribution >= 4 is 5.57 Å². The molecule has 47 heavy (non-hydrogen) atoms. The summed E-state index contributed by atoms with van der Waals surface area (Å²) in [4.78, 5) is 14.1. The van der Waals surface area contributed by atoms with Crippen molar-refractivity contribution in [2.75, 3.05) is 20.3 Å². The van der Waals surface area contributed by atoms with E-state index in [0.29, 0.717) is 59.1 Å². The summed E-state index contributed by atoms with van der Waals surface area (Å²) < 4.78 is 17.2. The Balaban J connectivity index is 1.95. The van der Waals surface area contributed by atoms with E-state index in [1.165, 1.54) is 31.9 Å². The SMILES string of the molecule is C=C/C(=C\C=C\OC)c1nc(-c2ccc(OCC(CC)CCCC)cc2O)nc(-c2ccc(OCC(CC)CCCCC)cc2O)n1. The van der Waals surface area contributed by atoms with Gasteiger partial charge < -0.3 is 24.4 Å². The van der Waals surface area contributed by atoms with Gasteiger partial charge in [-0.05, 0) is 61.1 Å². The van der Waals surface area contributed by atoms with Gasteiger partial charge in [-0.15, -0.1) is 0 Å². The highest BCUT2D eigenvalue weighted by atomic mass is 16.5. The van der Waals surface area contributed by atoms with E-state index in [-0.39, 0.29) is 23.1 Å². The number of aromatic hydroxyl groups is 2. The Morgan fingerprint density at radius 1 is 0.766 bits per heavy atom. The van der Waals surface area contributed by atoms with Crippen LogP contribution in [0.5, 0.6) is 23.0 Å². The quantitative estimate of drug-likeness (QED) is 0.0671. The zero-order chi connectivity index (χ0) is 34.0. The predicted octanol–water partition coefficient (Wildman–Crippen LogP) is 9.93. The van der Waals surface area contributed by atoms with Gasteiger partial charge in [0.1, 0.15) is 23.0 Å². The first-order valence-corrected chi connectivity index (χ1v) is 17.1. The molecule has 254 valence electrons. The van der Waals surface area contributed by atoms with Crippen LogP contribution >= 0.6 is 0 Å². The van der Waals surface area contributed by atoms with Crippen LogP contribution in [0.15, 0.2) is 67.5 Å². The van der Waals surface area contributed by atoms with Crippen LogP contribution in [0.1, 0.15) is 91.3 Å². The second-order valence-electron chi connectivity index (χ2n) is 11.9. The van der Waals surface area contributed by atoms with Gasteiger partial charge in [0.25, 0.3) is 0 Å². The molecule has 1 aromatic heterocycles. The molecule has 1 heterocycles. The minimum atomic E-state index is -0.0204. The van der Waals surface area contributed by atoms with E-state index in [4.69, 9.17) is 19.2 Å². The summed E-state index contributed by atoms with van der Waals surface area (Å²) in [7, 11) is 1.56. The third-order valence-corrected chi connectivity index (χ3v) is 8.33. The van der Waals surface area contributed by atoms with Crippen molar-refractivity contribution in [2.45, 2.75) is 85.5 Å². The Labute approximate surface area is 281 Å². The van der Waals surface area contributed by atoms with Gasteiger partial charge in [-0.1, -0.05) is 85.3 Å². The van der Waals surface area contributed by atoms with Crippen LogP contribution in [-0.4, -0.2) is 45.5 Å². The number of allylic oxidation sites excluding steroid dienone is 4. The number of phenolic OH excluding ortho intramolecular Hbond substituents is 2. The third-order valence-electron chi connectivity index (χ3n) is 8.33. The Hall–Kier alpha value is -4.33. The molecule has 0 aliphatic carbocycles. The molecule has 0 saturated heterocycles. The van der Waals surface area contributed by atoms with Crippen LogP contribution in [0.25, 0.3) is 28.3 Å². The first-order chi connectivity index (χ1) is 22.9. The lowest BCUT2D eigenvalue weighted by atomic mass is 10.00. The summed E-state index contributed by atoms with van der Waals surface area (Å²) in [6.07, 6.45) is 16.9. The van der Waals surface area contributed by atoms with Gasteiger partial charge in [0.2, 0.25) is 0 Å². The number of methoxy groups -OCH3 is 1. The summed E-state index contributed by atoms with van der Waals surface area (Å²) in [6.45, 7) is 13.9. The third kappa shape index (κ3) is 11.5. The van der Waals surface area contributed by atoms with Crippen LogP contribution in [0.2, 0.25) is 0 Å². The zero-order valence-electron chi connectivity index (χ0n) is 28.9. The molecule has 2 N–H and O–H groups in total. The average Bonchev–Trinajstić information content (AvgIpc) is 3.08. The Morgan fingerprint density at radius 3 is 1.74 bits per heavy atom. The lowest BCUT2D eigenvalue weighted by Crippen LogP contribution is -2.11. The van der Waals surface area contributed by atoms with E-state index < -0.39 is 0 Å². The number of benzene rings is 2. The average molecular weight is 644 g/mol. The van der Waals surface area contributed by atoms with Crippen molar-refractivity contribution in [1.82, 2.24) is 15.0 Å². The minimum Gasteiger partial charge on any atom is -0.507 e. The molecule has 3 rings (SSSR count). The highest BCUT2D eigenvalue weighted by molar-refractivity contribution is 5.75. The number of rotatable bonds is 21. The molecule has 8 nitrogen and oxygen atoms in total. The number of ether oxygens (including phenoxy) is 3. The molecule has 0 aliphatic rings. The summed E-state index contributed by atoms with van der Waals surface area (Å²) in [6, 6.07) is 10.3. The summed E-state index contributed by atoms with van der Waals surface area (Å²) in [5, 5.41) is 22.2. The highest BCUT2D eigenvalue weighted by Gasteiger charge is 2.18. The molecule has 0 fully saturated rings. The highest BCUT2D eigenvalue weighted by Crippen LogP contribution is 2.35. The lowest BCUT2D eigenvalue weighted by Gasteiger charge is -2.17. The Bertz CT molecular complexity index is 1470. The van der Waals surface area contributed by atoms with Crippen LogP contribution in [0.4, 0.5) is 0 Å². The monoisotopic (exact) mass is 643 g/mol. The standard InChI is InChI=1S/C39H53N3O5/c1-7-12-14-17-29(10-4)27-47-32-20-22-34(36(44)25-32)39-41-37(30(11-5)18-15-23-45-6)40-38(42-39)33-21-19-31(24-35(33)43)46-26-28(9-3)16-13-8-2/h11,15,18-25,28-29,43-44H,5,7-10,12-14,16-17,26-27H2,1-4,6H3/b23-15+,30-18+. The molecule has 0 bridgehead atoms. The van der Waals surface area contributed by atoms with E-state index in [0.717, 1.165) is 32.1 Å². The fourth-order valence-electron chi connectivity index (χ4n) is 5.20. The minimum absolute atomic E-state index is 0.0189. The molecule has 0 saturated carbocycles. The summed E-state index contributed by atoms with van der Waals surface area (Å²) >= 11 is 0. The first kappa shape index (κ1) is 37.1. The van der Waals surface area contributed by atoms with Gasteiger partial charge in [-0.3, -0.25) is 0 Å². The zero-order valence-corrected chi connectivity index (χ0v) is 28.9. The molecular formula is C39H53N3O5. The van der Waals surface area contributed by atoms with Crippen molar-refractivity contribution in [3.8, 4) is 45.8 Å². The molecule has 2 atom stereocenters. The van der Waals surface area contributed by atoms with Crippen LogP contribution < -0.4 is 9.47 Å². The van der Waals surface area contributed by atoms with Gasteiger partial charge in [0.15, 0.2) is 17.5 Å². The van der Waals surface area contributed by atoms with Crippen molar-refractivity contribution < 1.29 is 24.4 Å². The maximum Gasteiger partial charge on any atom is 0.167 e. The molecule has 0 spiro atoms. The Kier molecular flexibility index (Phi) is 15.8. The second-order valence-corrected chi connectivity index (χ2v) is 11.9. The predicted molar refractivity (Wildman–Crippen MR) is 191 cm³/mol. The molecule has 2 unspecified atom stereocenters. The van der Waals surface area contributed by atoms with Gasteiger partial charge in [-0.25, -0.2) is 15.0 Å². The second kappa shape index (κ2) is 20.0. The number of hydrogen-bond donors (Lipinski definition) is 2. The van der Waals surface area contributed by atoms with Crippen molar-refractivity contribution in [3.05, 3.63) is 73.3 Å².